The molecular weight excluding hydrogens is 273 g/mol. The molecule has 120 valence electrons. The molecule has 1 aromatic carbocycles. The number of ether oxygens (including phenoxy) is 2. The highest BCUT2D eigenvalue weighted by Crippen LogP contribution is 2.19. The topological polar surface area (TPSA) is 41.9 Å². The van der Waals surface area contributed by atoms with Crippen molar-refractivity contribution in [2.45, 2.75) is 19.4 Å². The van der Waals surface area contributed by atoms with Crippen LogP contribution in [-0.4, -0.2) is 57.1 Å². The number of hydrogen-bond donors (Lipinski definition) is 1. The van der Waals surface area contributed by atoms with Crippen molar-refractivity contribution in [3.8, 4) is 0 Å². The van der Waals surface area contributed by atoms with E-state index in [9.17, 15) is 9.50 Å². The summed E-state index contributed by atoms with van der Waals surface area (Å²) in [4.78, 5) is 2.19. The van der Waals surface area contributed by atoms with Gasteiger partial charge in [0.15, 0.2) is 0 Å². The third kappa shape index (κ3) is 6.52. The third-order valence-electron chi connectivity index (χ3n) is 3.51. The summed E-state index contributed by atoms with van der Waals surface area (Å²) in [6.45, 7) is 5.34. The first-order valence-electron chi connectivity index (χ1n) is 7.22. The molecule has 1 unspecified atom stereocenters. The maximum atomic E-state index is 13.2. The smallest absolute Gasteiger partial charge is 0.126 e. The molecular formula is C16H26FNO3. The molecule has 5 heteroatoms. The van der Waals surface area contributed by atoms with Crippen molar-refractivity contribution in [2.24, 2.45) is 0 Å². The average molecular weight is 299 g/mol. The number of aryl methyl sites for hydroxylation is 1. The predicted octanol–water partition coefficient (Wildman–Crippen LogP) is 2.15. The van der Waals surface area contributed by atoms with Crippen LogP contribution in [0.15, 0.2) is 18.2 Å². The van der Waals surface area contributed by atoms with Crippen LogP contribution in [0.1, 0.15) is 23.7 Å². The van der Waals surface area contributed by atoms with E-state index in [1.807, 2.05) is 0 Å². The number of benzene rings is 1. The minimum Gasteiger partial charge on any atom is -0.388 e. The Hall–Kier alpha value is -1.01. The number of aliphatic hydroxyl groups excluding tert-OH is 1. The lowest BCUT2D eigenvalue weighted by atomic mass is 10.0. The number of aliphatic hydroxyl groups is 1. The SMILES string of the molecule is COCCN(CCOC)CCC(O)c1ccc(F)c(C)c1. The van der Waals surface area contributed by atoms with Gasteiger partial charge in [-0.3, -0.25) is 4.90 Å². The van der Waals surface area contributed by atoms with Crippen molar-refractivity contribution in [3.05, 3.63) is 35.1 Å². The second-order valence-electron chi connectivity index (χ2n) is 5.14. The van der Waals surface area contributed by atoms with Gasteiger partial charge in [-0.25, -0.2) is 4.39 Å². The van der Waals surface area contributed by atoms with Gasteiger partial charge in [0.05, 0.1) is 19.3 Å². The van der Waals surface area contributed by atoms with Gasteiger partial charge in [-0.1, -0.05) is 12.1 Å². The lowest BCUT2D eigenvalue weighted by molar-refractivity contribution is 0.0945. The molecule has 1 rings (SSSR count). The molecule has 0 radical (unpaired) electrons. The maximum absolute atomic E-state index is 13.2. The lowest BCUT2D eigenvalue weighted by Gasteiger charge is -2.23. The molecule has 1 atom stereocenters. The summed E-state index contributed by atoms with van der Waals surface area (Å²) in [5.74, 6) is -0.243. The monoisotopic (exact) mass is 299 g/mol. The van der Waals surface area contributed by atoms with Gasteiger partial charge in [0.2, 0.25) is 0 Å². The fraction of sp³-hybridized carbons (Fsp3) is 0.625. The molecule has 4 nitrogen and oxygen atoms in total. The van der Waals surface area contributed by atoms with E-state index in [2.05, 4.69) is 4.90 Å². The van der Waals surface area contributed by atoms with E-state index in [4.69, 9.17) is 9.47 Å². The van der Waals surface area contributed by atoms with Gasteiger partial charge >= 0.3 is 0 Å². The molecule has 0 aliphatic carbocycles. The zero-order valence-corrected chi connectivity index (χ0v) is 13.1. The van der Waals surface area contributed by atoms with Crippen molar-refractivity contribution in [1.82, 2.24) is 4.90 Å². The number of rotatable bonds is 10. The van der Waals surface area contributed by atoms with Crippen LogP contribution < -0.4 is 0 Å². The molecule has 0 saturated carbocycles. The Morgan fingerprint density at radius 2 is 1.76 bits per heavy atom. The fourth-order valence-electron chi connectivity index (χ4n) is 2.12. The van der Waals surface area contributed by atoms with Crippen molar-refractivity contribution in [3.63, 3.8) is 0 Å². The first-order chi connectivity index (χ1) is 10.1. The van der Waals surface area contributed by atoms with Gasteiger partial charge < -0.3 is 14.6 Å². The highest BCUT2D eigenvalue weighted by molar-refractivity contribution is 5.25. The van der Waals surface area contributed by atoms with Crippen LogP contribution in [0.2, 0.25) is 0 Å². The summed E-state index contributed by atoms with van der Waals surface area (Å²) in [6, 6.07) is 4.75. The summed E-state index contributed by atoms with van der Waals surface area (Å²) in [7, 11) is 3.34. The summed E-state index contributed by atoms with van der Waals surface area (Å²) in [5.41, 5.74) is 1.31. The van der Waals surface area contributed by atoms with Crippen LogP contribution in [0, 0.1) is 12.7 Å². The van der Waals surface area contributed by atoms with Gasteiger partial charge in [0.1, 0.15) is 5.82 Å². The quantitative estimate of drug-likeness (QED) is 0.719. The van der Waals surface area contributed by atoms with E-state index in [0.717, 1.165) is 25.2 Å². The summed E-state index contributed by atoms with van der Waals surface area (Å²) < 4.78 is 23.4. The van der Waals surface area contributed by atoms with E-state index < -0.39 is 6.10 Å². The summed E-state index contributed by atoms with van der Waals surface area (Å²) in [5, 5.41) is 10.2. The molecule has 1 N–H and O–H groups in total. The molecule has 21 heavy (non-hydrogen) atoms. The molecule has 0 aliphatic rings. The van der Waals surface area contributed by atoms with E-state index >= 15 is 0 Å². The van der Waals surface area contributed by atoms with Crippen molar-refractivity contribution >= 4 is 0 Å². The highest BCUT2D eigenvalue weighted by atomic mass is 19.1. The predicted molar refractivity (Wildman–Crippen MR) is 80.9 cm³/mol. The molecule has 0 saturated heterocycles. The van der Waals surface area contributed by atoms with Crippen molar-refractivity contribution in [1.29, 1.82) is 0 Å². The lowest BCUT2D eigenvalue weighted by Crippen LogP contribution is -2.32. The Balaban J connectivity index is 2.50. The number of methoxy groups -OCH3 is 2. The zero-order chi connectivity index (χ0) is 15.7. The van der Waals surface area contributed by atoms with Crippen molar-refractivity contribution < 1.29 is 19.0 Å². The first kappa shape index (κ1) is 18.0. The van der Waals surface area contributed by atoms with Crippen LogP contribution in [-0.2, 0) is 9.47 Å². The fourth-order valence-corrected chi connectivity index (χ4v) is 2.12. The van der Waals surface area contributed by atoms with Gasteiger partial charge in [-0.2, -0.15) is 0 Å². The summed E-state index contributed by atoms with van der Waals surface area (Å²) >= 11 is 0. The number of nitrogens with zero attached hydrogens (tertiary/aromatic N) is 1. The molecule has 1 aromatic rings. The Morgan fingerprint density at radius 3 is 2.29 bits per heavy atom. The van der Waals surface area contributed by atoms with E-state index in [1.54, 1.807) is 33.3 Å². The summed E-state index contributed by atoms with van der Waals surface area (Å²) in [6.07, 6.45) is 0.00952. The van der Waals surface area contributed by atoms with E-state index in [0.29, 0.717) is 25.2 Å². The second kappa shape index (κ2) is 9.84. The molecule has 0 aliphatic heterocycles. The molecule has 0 bridgehead atoms. The van der Waals surface area contributed by atoms with Crippen LogP contribution in [0.5, 0.6) is 0 Å². The molecule has 0 amide bonds. The minimum absolute atomic E-state index is 0.243. The minimum atomic E-state index is -0.586. The van der Waals surface area contributed by atoms with Crippen LogP contribution in [0.3, 0.4) is 0 Å². The van der Waals surface area contributed by atoms with Crippen LogP contribution in [0.4, 0.5) is 4.39 Å². The Kier molecular flexibility index (Phi) is 8.45. The van der Waals surface area contributed by atoms with Crippen LogP contribution in [0.25, 0.3) is 0 Å². The van der Waals surface area contributed by atoms with Crippen molar-refractivity contribution in [2.75, 3.05) is 47.1 Å². The normalized spacial score (nSPS) is 12.9. The van der Waals surface area contributed by atoms with Gasteiger partial charge in [0, 0.05) is 33.9 Å². The second-order valence-corrected chi connectivity index (χ2v) is 5.14. The standard InChI is InChI=1S/C16H26FNO3/c1-13-12-14(4-5-15(13)17)16(19)6-7-18(8-10-20-2)9-11-21-3/h4-5,12,16,19H,6-11H2,1-3H3. The number of hydrogen-bond acceptors (Lipinski definition) is 4. The van der Waals surface area contributed by atoms with Crippen LogP contribution >= 0.6 is 0 Å². The highest BCUT2D eigenvalue weighted by Gasteiger charge is 2.12. The zero-order valence-electron chi connectivity index (χ0n) is 13.1. The molecule has 0 heterocycles. The third-order valence-corrected chi connectivity index (χ3v) is 3.51. The van der Waals surface area contributed by atoms with Gasteiger partial charge in [-0.15, -0.1) is 0 Å². The molecule has 0 aromatic heterocycles. The van der Waals surface area contributed by atoms with E-state index in [1.165, 1.54) is 6.07 Å². The van der Waals surface area contributed by atoms with Gasteiger partial charge in [-0.05, 0) is 30.5 Å². The Labute approximate surface area is 126 Å². The molecule has 0 spiro atoms. The Morgan fingerprint density at radius 1 is 1.14 bits per heavy atom. The number of halogens is 1. The maximum Gasteiger partial charge on any atom is 0.126 e. The largest absolute Gasteiger partial charge is 0.388 e. The Bertz CT molecular complexity index is 407. The average Bonchev–Trinajstić information content (AvgIpc) is 2.49. The van der Waals surface area contributed by atoms with E-state index in [-0.39, 0.29) is 5.82 Å². The van der Waals surface area contributed by atoms with Gasteiger partial charge in [0.25, 0.3) is 0 Å². The molecule has 0 fully saturated rings. The first-order valence-corrected chi connectivity index (χ1v) is 7.22.